The van der Waals surface area contributed by atoms with Crippen LogP contribution in [0.3, 0.4) is 0 Å². The van der Waals surface area contributed by atoms with E-state index in [0.717, 1.165) is 3.92 Å². The van der Waals surface area contributed by atoms with Crippen LogP contribution in [0.15, 0.2) is 23.8 Å². The number of hydrogen-bond acceptors (Lipinski definition) is 0. The number of rotatable bonds is 0. The van der Waals surface area contributed by atoms with Crippen molar-refractivity contribution in [1.29, 1.82) is 0 Å². The van der Waals surface area contributed by atoms with E-state index in [1.807, 2.05) is 0 Å². The summed E-state index contributed by atoms with van der Waals surface area (Å²) >= 11 is 2.44. The maximum atomic E-state index is 2.44. The van der Waals surface area contributed by atoms with Crippen molar-refractivity contribution < 1.29 is 0 Å². The van der Waals surface area contributed by atoms with Gasteiger partial charge in [0.2, 0.25) is 0 Å². The van der Waals surface area contributed by atoms with Crippen molar-refractivity contribution in [3.63, 3.8) is 0 Å². The van der Waals surface area contributed by atoms with E-state index < -0.39 is 0 Å². The molecule has 8 heavy (non-hydrogen) atoms. The minimum atomic E-state index is 0.733. The second kappa shape index (κ2) is 2.67. The van der Waals surface area contributed by atoms with E-state index in [9.17, 15) is 0 Å². The Morgan fingerprint density at radius 3 is 2.88 bits per heavy atom. The summed E-state index contributed by atoms with van der Waals surface area (Å²) in [5.41, 5.74) is 1.40. The molecule has 0 spiro atoms. The van der Waals surface area contributed by atoms with Crippen molar-refractivity contribution in [3.05, 3.63) is 23.8 Å². The van der Waals surface area contributed by atoms with Crippen molar-refractivity contribution in [2.45, 2.75) is 17.3 Å². The second-order valence-corrected chi connectivity index (χ2v) is 3.66. The van der Waals surface area contributed by atoms with Gasteiger partial charge in [-0.15, -0.1) is 0 Å². The van der Waals surface area contributed by atoms with E-state index >= 15 is 0 Å². The molecule has 0 heterocycles. The van der Waals surface area contributed by atoms with Crippen LogP contribution in [0, 0.1) is 0 Å². The van der Waals surface area contributed by atoms with Crippen LogP contribution in [0.25, 0.3) is 0 Å². The molecule has 1 rings (SSSR count). The predicted molar refractivity (Wildman–Crippen MR) is 45.3 cm³/mol. The molecule has 0 fully saturated rings. The van der Waals surface area contributed by atoms with Gasteiger partial charge in [0.05, 0.1) is 0 Å². The molecule has 0 bridgehead atoms. The van der Waals surface area contributed by atoms with E-state index in [1.54, 1.807) is 0 Å². The van der Waals surface area contributed by atoms with E-state index in [0.29, 0.717) is 0 Å². The smallest absolute Gasteiger partial charge is 0.0327 e. The largest absolute Gasteiger partial charge is 0.0803 e. The lowest BCUT2D eigenvalue weighted by molar-refractivity contribution is 1.07. The highest BCUT2D eigenvalue weighted by Gasteiger charge is 1.99. The number of alkyl halides is 1. The normalized spacial score (nSPS) is 27.8. The summed E-state index contributed by atoms with van der Waals surface area (Å²) in [5, 5.41) is 0. The molecule has 1 unspecified atom stereocenters. The molecule has 0 aliphatic heterocycles. The quantitative estimate of drug-likeness (QED) is 0.435. The van der Waals surface area contributed by atoms with E-state index in [4.69, 9.17) is 0 Å². The molecule has 0 aromatic heterocycles. The van der Waals surface area contributed by atoms with Crippen LogP contribution < -0.4 is 0 Å². The van der Waals surface area contributed by atoms with E-state index in [-0.39, 0.29) is 0 Å². The average Bonchev–Trinajstić information content (AvgIpc) is 1.77. The third-order valence-electron chi connectivity index (χ3n) is 1.23. The Kier molecular flexibility index (Phi) is 2.11. The summed E-state index contributed by atoms with van der Waals surface area (Å²) in [7, 11) is 0. The zero-order valence-corrected chi connectivity index (χ0v) is 7.05. The molecule has 0 saturated carbocycles. The first kappa shape index (κ1) is 6.33. The monoisotopic (exact) mass is 220 g/mol. The Hall–Kier alpha value is 0.210. The van der Waals surface area contributed by atoms with Crippen LogP contribution in [0.5, 0.6) is 0 Å². The second-order valence-electron chi connectivity index (χ2n) is 2.06. The fraction of sp³-hybridized carbons (Fsp3) is 0.429. The number of halogens is 1. The Morgan fingerprint density at radius 2 is 2.50 bits per heavy atom. The van der Waals surface area contributed by atoms with Crippen molar-refractivity contribution in [2.75, 3.05) is 0 Å². The Labute approximate surface area is 63.8 Å². The molecule has 0 saturated heterocycles. The summed E-state index contributed by atoms with van der Waals surface area (Å²) in [6.07, 6.45) is 7.91. The van der Waals surface area contributed by atoms with Gasteiger partial charge in [-0.3, -0.25) is 0 Å². The summed E-state index contributed by atoms with van der Waals surface area (Å²) in [4.78, 5) is 0. The van der Waals surface area contributed by atoms with Crippen LogP contribution in [0.1, 0.15) is 13.3 Å². The summed E-state index contributed by atoms with van der Waals surface area (Å²) in [6, 6.07) is 0. The summed E-state index contributed by atoms with van der Waals surface area (Å²) < 4.78 is 0.733. The van der Waals surface area contributed by atoms with Gasteiger partial charge in [-0.1, -0.05) is 46.4 Å². The van der Waals surface area contributed by atoms with Crippen LogP contribution in [0.2, 0.25) is 0 Å². The highest BCUT2D eigenvalue weighted by atomic mass is 127. The molecule has 0 N–H and O–H groups in total. The standard InChI is InChI=1S/C7H9I/c1-6-2-4-7(8)5-3-6/h2-4,7H,5H2,1H3. The highest BCUT2D eigenvalue weighted by Crippen LogP contribution is 2.15. The molecule has 0 aromatic rings. The maximum Gasteiger partial charge on any atom is 0.0327 e. The van der Waals surface area contributed by atoms with Gasteiger partial charge in [0.15, 0.2) is 0 Å². The van der Waals surface area contributed by atoms with Gasteiger partial charge in [-0.05, 0) is 13.3 Å². The Bertz CT molecular complexity index is 133. The Morgan fingerprint density at radius 1 is 1.75 bits per heavy atom. The number of allylic oxidation sites excluding steroid dienone is 4. The third kappa shape index (κ3) is 1.62. The molecular weight excluding hydrogens is 211 g/mol. The van der Waals surface area contributed by atoms with Crippen LogP contribution in [0.4, 0.5) is 0 Å². The highest BCUT2D eigenvalue weighted by molar-refractivity contribution is 14.1. The van der Waals surface area contributed by atoms with Gasteiger partial charge in [0.25, 0.3) is 0 Å². The molecular formula is C7H9I. The molecule has 0 aromatic carbocycles. The van der Waals surface area contributed by atoms with Crippen molar-refractivity contribution in [1.82, 2.24) is 0 Å². The van der Waals surface area contributed by atoms with Gasteiger partial charge < -0.3 is 0 Å². The van der Waals surface area contributed by atoms with Gasteiger partial charge in [0.1, 0.15) is 0 Å². The topological polar surface area (TPSA) is 0 Å². The van der Waals surface area contributed by atoms with E-state index in [2.05, 4.69) is 47.7 Å². The van der Waals surface area contributed by atoms with Gasteiger partial charge >= 0.3 is 0 Å². The fourth-order valence-electron chi connectivity index (χ4n) is 0.701. The van der Waals surface area contributed by atoms with Crippen molar-refractivity contribution in [2.24, 2.45) is 0 Å². The summed E-state index contributed by atoms with van der Waals surface area (Å²) in [5.74, 6) is 0. The molecule has 0 radical (unpaired) electrons. The molecule has 1 heteroatoms. The van der Waals surface area contributed by atoms with Gasteiger partial charge in [-0.25, -0.2) is 0 Å². The minimum absolute atomic E-state index is 0.733. The zero-order chi connectivity index (χ0) is 5.98. The minimum Gasteiger partial charge on any atom is -0.0803 e. The molecule has 44 valence electrons. The van der Waals surface area contributed by atoms with Crippen molar-refractivity contribution >= 4 is 22.6 Å². The molecule has 1 atom stereocenters. The number of hydrogen-bond donors (Lipinski definition) is 0. The third-order valence-corrected chi connectivity index (χ3v) is 2.16. The van der Waals surface area contributed by atoms with Crippen LogP contribution in [-0.4, -0.2) is 3.92 Å². The predicted octanol–water partition coefficient (Wildman–Crippen LogP) is 2.70. The first-order valence-corrected chi connectivity index (χ1v) is 4.02. The van der Waals surface area contributed by atoms with Crippen molar-refractivity contribution in [3.8, 4) is 0 Å². The molecule has 0 amide bonds. The molecule has 0 nitrogen and oxygen atoms in total. The molecule has 1 aliphatic rings. The van der Waals surface area contributed by atoms with Crippen LogP contribution in [-0.2, 0) is 0 Å². The van der Waals surface area contributed by atoms with Crippen LogP contribution >= 0.6 is 22.6 Å². The summed E-state index contributed by atoms with van der Waals surface area (Å²) in [6.45, 7) is 2.14. The maximum absolute atomic E-state index is 2.44. The fourth-order valence-corrected chi connectivity index (χ4v) is 1.16. The molecule has 1 aliphatic carbocycles. The van der Waals surface area contributed by atoms with Gasteiger partial charge in [-0.2, -0.15) is 0 Å². The Balaban J connectivity index is 2.58. The SMILES string of the molecule is CC1=CCC(I)C=C1. The zero-order valence-electron chi connectivity index (χ0n) is 4.89. The lowest BCUT2D eigenvalue weighted by Gasteiger charge is -2.05. The lowest BCUT2D eigenvalue weighted by atomic mass is 10.1. The first-order valence-electron chi connectivity index (χ1n) is 2.78. The van der Waals surface area contributed by atoms with Gasteiger partial charge in [0, 0.05) is 3.92 Å². The lowest BCUT2D eigenvalue weighted by Crippen LogP contribution is -1.93. The first-order chi connectivity index (χ1) is 3.79. The average molecular weight is 220 g/mol. The van der Waals surface area contributed by atoms with E-state index in [1.165, 1.54) is 12.0 Å².